The smallest absolute Gasteiger partial charge is 0.165 e. The monoisotopic (exact) mass is 293 g/mol. The van der Waals surface area contributed by atoms with Gasteiger partial charge < -0.3 is 10.1 Å². The first-order chi connectivity index (χ1) is 10.2. The van der Waals surface area contributed by atoms with Gasteiger partial charge in [-0.1, -0.05) is 32.3 Å². The second-order valence-electron chi connectivity index (χ2n) is 6.29. The van der Waals surface area contributed by atoms with Gasteiger partial charge in [0.25, 0.3) is 0 Å². The predicted octanol–water partition coefficient (Wildman–Crippen LogP) is 4.35. The first-order valence-corrected chi connectivity index (χ1v) is 8.17. The highest BCUT2D eigenvalue weighted by molar-refractivity contribution is 5.32. The quantitative estimate of drug-likeness (QED) is 0.841. The highest BCUT2D eigenvalue weighted by Crippen LogP contribution is 2.42. The Kier molecular flexibility index (Phi) is 6.04. The number of hydrogen-bond acceptors (Lipinski definition) is 2. The fourth-order valence-corrected chi connectivity index (χ4v) is 3.82. The molecular weight excluding hydrogens is 265 g/mol. The van der Waals surface area contributed by atoms with Crippen molar-refractivity contribution in [2.75, 3.05) is 20.7 Å². The van der Waals surface area contributed by atoms with E-state index in [9.17, 15) is 4.39 Å². The third kappa shape index (κ3) is 3.97. The third-order valence-corrected chi connectivity index (χ3v) is 4.87. The molecule has 1 aliphatic rings. The van der Waals surface area contributed by atoms with Gasteiger partial charge in [-0.25, -0.2) is 4.39 Å². The summed E-state index contributed by atoms with van der Waals surface area (Å²) in [6.45, 7) is 3.26. The van der Waals surface area contributed by atoms with Crippen LogP contribution >= 0.6 is 0 Å². The summed E-state index contributed by atoms with van der Waals surface area (Å²) in [5.74, 6) is 1.96. The molecule has 2 rings (SSSR count). The molecule has 3 unspecified atom stereocenters. The van der Waals surface area contributed by atoms with Gasteiger partial charge in [0.15, 0.2) is 11.6 Å². The average molecular weight is 293 g/mol. The maximum atomic E-state index is 14.0. The number of hydrogen-bond donors (Lipinski definition) is 1. The first-order valence-electron chi connectivity index (χ1n) is 8.17. The third-order valence-electron chi connectivity index (χ3n) is 4.87. The Labute approximate surface area is 128 Å². The van der Waals surface area contributed by atoms with E-state index in [1.807, 2.05) is 13.1 Å². The lowest BCUT2D eigenvalue weighted by molar-refractivity contribution is 0.222. The van der Waals surface area contributed by atoms with Crippen LogP contribution in [0.5, 0.6) is 5.75 Å². The minimum atomic E-state index is -0.240. The molecule has 0 bridgehead atoms. The summed E-state index contributed by atoms with van der Waals surface area (Å²) in [6.07, 6.45) is 6.28. The van der Waals surface area contributed by atoms with E-state index >= 15 is 0 Å². The molecule has 0 heterocycles. The summed E-state index contributed by atoms with van der Waals surface area (Å²) in [6, 6.07) is 5.49. The van der Waals surface area contributed by atoms with Gasteiger partial charge in [0.05, 0.1) is 7.11 Å². The number of ether oxygens (including phenoxy) is 1. The molecule has 1 fully saturated rings. The van der Waals surface area contributed by atoms with Gasteiger partial charge in [0, 0.05) is 0 Å². The van der Waals surface area contributed by atoms with Crippen LogP contribution in [0.1, 0.15) is 50.5 Å². The van der Waals surface area contributed by atoms with Gasteiger partial charge in [0.1, 0.15) is 0 Å². The van der Waals surface area contributed by atoms with Gasteiger partial charge in [-0.2, -0.15) is 0 Å². The zero-order valence-corrected chi connectivity index (χ0v) is 13.5. The molecule has 1 N–H and O–H groups in total. The minimum Gasteiger partial charge on any atom is -0.494 e. The van der Waals surface area contributed by atoms with E-state index < -0.39 is 0 Å². The molecule has 0 saturated heterocycles. The molecule has 21 heavy (non-hydrogen) atoms. The Balaban J connectivity index is 2.20. The molecule has 1 aromatic rings. The Morgan fingerprint density at radius 3 is 2.76 bits per heavy atom. The van der Waals surface area contributed by atoms with Crippen molar-refractivity contribution in [2.45, 2.75) is 44.9 Å². The highest BCUT2D eigenvalue weighted by Gasteiger charge is 2.31. The Bertz CT molecular complexity index is 449. The van der Waals surface area contributed by atoms with Crippen LogP contribution in [0.3, 0.4) is 0 Å². The van der Waals surface area contributed by atoms with E-state index in [1.165, 1.54) is 39.2 Å². The minimum absolute atomic E-state index is 0.240. The summed E-state index contributed by atoms with van der Waals surface area (Å²) in [5.41, 5.74) is 1.13. The van der Waals surface area contributed by atoms with E-state index in [0.29, 0.717) is 17.6 Å². The number of rotatable bonds is 6. The van der Waals surface area contributed by atoms with E-state index in [1.54, 1.807) is 12.1 Å². The standard InChI is InChI=1S/C18H28FNO/c1-4-5-13-6-7-15(12-20-2)16(10-13)14-8-9-18(21-3)17(19)11-14/h8-9,11,13,15-16,20H,4-7,10,12H2,1-3H3. The second kappa shape index (κ2) is 7.79. The largest absolute Gasteiger partial charge is 0.494 e. The summed E-state index contributed by atoms with van der Waals surface area (Å²) >= 11 is 0. The maximum Gasteiger partial charge on any atom is 0.165 e. The molecule has 0 aromatic heterocycles. The van der Waals surface area contributed by atoms with Crippen molar-refractivity contribution in [1.82, 2.24) is 5.32 Å². The molecule has 0 aliphatic heterocycles. The second-order valence-corrected chi connectivity index (χ2v) is 6.29. The Hall–Kier alpha value is -1.09. The first kappa shape index (κ1) is 16.3. The fourth-order valence-electron chi connectivity index (χ4n) is 3.82. The fraction of sp³-hybridized carbons (Fsp3) is 0.667. The van der Waals surface area contributed by atoms with Crippen molar-refractivity contribution in [1.29, 1.82) is 0 Å². The van der Waals surface area contributed by atoms with Crippen LogP contribution < -0.4 is 10.1 Å². The summed E-state index contributed by atoms with van der Waals surface area (Å²) < 4.78 is 19.1. The van der Waals surface area contributed by atoms with Gasteiger partial charge in [0.2, 0.25) is 0 Å². The van der Waals surface area contributed by atoms with Crippen molar-refractivity contribution in [2.24, 2.45) is 11.8 Å². The normalized spacial score (nSPS) is 25.8. The molecule has 1 aliphatic carbocycles. The van der Waals surface area contributed by atoms with Crippen LogP contribution in [0.4, 0.5) is 4.39 Å². The summed E-state index contributed by atoms with van der Waals surface area (Å²) in [7, 11) is 3.52. The average Bonchev–Trinajstić information content (AvgIpc) is 2.49. The molecular formula is C18H28FNO. The zero-order chi connectivity index (χ0) is 15.2. The van der Waals surface area contributed by atoms with Gasteiger partial charge >= 0.3 is 0 Å². The molecule has 2 nitrogen and oxygen atoms in total. The van der Waals surface area contributed by atoms with Crippen LogP contribution in [0, 0.1) is 17.7 Å². The van der Waals surface area contributed by atoms with Crippen molar-refractivity contribution in [3.05, 3.63) is 29.6 Å². The zero-order valence-electron chi connectivity index (χ0n) is 13.5. The van der Waals surface area contributed by atoms with Gasteiger partial charge in [-0.15, -0.1) is 0 Å². The van der Waals surface area contributed by atoms with E-state index in [0.717, 1.165) is 18.0 Å². The maximum absolute atomic E-state index is 14.0. The van der Waals surface area contributed by atoms with Crippen molar-refractivity contribution >= 4 is 0 Å². The lowest BCUT2D eigenvalue weighted by atomic mass is 9.70. The molecule has 118 valence electrons. The highest BCUT2D eigenvalue weighted by atomic mass is 19.1. The van der Waals surface area contributed by atoms with E-state index in [4.69, 9.17) is 4.74 Å². The SMILES string of the molecule is CCCC1CCC(CNC)C(c2ccc(OC)c(F)c2)C1. The van der Waals surface area contributed by atoms with Crippen LogP contribution in [0.25, 0.3) is 0 Å². The molecule has 3 atom stereocenters. The van der Waals surface area contributed by atoms with Crippen LogP contribution in [-0.2, 0) is 0 Å². The van der Waals surface area contributed by atoms with Crippen molar-refractivity contribution in [3.8, 4) is 5.75 Å². The summed E-state index contributed by atoms with van der Waals surface area (Å²) in [5, 5.41) is 3.30. The topological polar surface area (TPSA) is 21.3 Å². The van der Waals surface area contributed by atoms with Crippen molar-refractivity contribution in [3.63, 3.8) is 0 Å². The number of benzene rings is 1. The molecule has 0 spiro atoms. The van der Waals surface area contributed by atoms with E-state index in [-0.39, 0.29) is 5.82 Å². The molecule has 1 saturated carbocycles. The molecule has 0 amide bonds. The van der Waals surface area contributed by atoms with Crippen LogP contribution in [0.15, 0.2) is 18.2 Å². The predicted molar refractivity (Wildman–Crippen MR) is 85.4 cm³/mol. The molecule has 1 aromatic carbocycles. The van der Waals surface area contributed by atoms with Gasteiger partial charge in [-0.05, 0) is 61.9 Å². The number of halogens is 1. The molecule has 0 radical (unpaired) electrons. The Morgan fingerprint density at radius 2 is 2.14 bits per heavy atom. The lowest BCUT2D eigenvalue weighted by Crippen LogP contribution is -2.30. The molecule has 3 heteroatoms. The summed E-state index contributed by atoms with van der Waals surface area (Å²) in [4.78, 5) is 0. The Morgan fingerprint density at radius 1 is 1.33 bits per heavy atom. The van der Waals surface area contributed by atoms with Crippen molar-refractivity contribution < 1.29 is 9.13 Å². The number of methoxy groups -OCH3 is 1. The van der Waals surface area contributed by atoms with E-state index in [2.05, 4.69) is 12.2 Å². The lowest BCUT2D eigenvalue weighted by Gasteiger charge is -2.36. The van der Waals surface area contributed by atoms with Gasteiger partial charge in [-0.3, -0.25) is 0 Å². The van der Waals surface area contributed by atoms with Crippen LogP contribution in [0.2, 0.25) is 0 Å². The number of nitrogens with one attached hydrogen (secondary N) is 1. The van der Waals surface area contributed by atoms with Crippen LogP contribution in [-0.4, -0.2) is 20.7 Å².